The molecule has 0 radical (unpaired) electrons. The van der Waals surface area contributed by atoms with Crippen LogP contribution in [0.4, 0.5) is 11.5 Å². The van der Waals surface area contributed by atoms with Gasteiger partial charge in [-0.05, 0) is 18.1 Å². The van der Waals surface area contributed by atoms with Crippen LogP contribution in [0.25, 0.3) is 0 Å². The number of carbonyl (C=O) groups is 1. The SMILES string of the molecule is COC(=O)c1cc(N(C)CCc2ccccc2)ncc1N. The first-order chi connectivity index (χ1) is 10.1. The number of rotatable bonds is 5. The normalized spacial score (nSPS) is 10.2. The summed E-state index contributed by atoms with van der Waals surface area (Å²) in [5.74, 6) is 0.244. The van der Waals surface area contributed by atoms with Crippen LogP contribution in [0, 0.1) is 0 Å². The number of likely N-dealkylation sites (N-methyl/N-ethyl adjacent to an activating group) is 1. The van der Waals surface area contributed by atoms with Crippen LogP contribution in [0.2, 0.25) is 0 Å². The molecule has 0 aliphatic rings. The maximum atomic E-state index is 11.6. The molecule has 0 amide bonds. The summed E-state index contributed by atoms with van der Waals surface area (Å²) in [7, 11) is 3.27. The third-order valence-corrected chi connectivity index (χ3v) is 3.30. The third kappa shape index (κ3) is 3.72. The van der Waals surface area contributed by atoms with E-state index in [1.165, 1.54) is 18.9 Å². The molecule has 2 N–H and O–H groups in total. The lowest BCUT2D eigenvalue weighted by Crippen LogP contribution is -2.22. The van der Waals surface area contributed by atoms with Gasteiger partial charge in [0.25, 0.3) is 0 Å². The molecular weight excluding hydrogens is 266 g/mol. The smallest absolute Gasteiger partial charge is 0.340 e. The summed E-state index contributed by atoms with van der Waals surface area (Å²) >= 11 is 0. The van der Waals surface area contributed by atoms with Gasteiger partial charge in [0.05, 0.1) is 24.6 Å². The van der Waals surface area contributed by atoms with Gasteiger partial charge in [-0.15, -0.1) is 0 Å². The monoisotopic (exact) mass is 285 g/mol. The lowest BCUT2D eigenvalue weighted by atomic mass is 10.1. The highest BCUT2D eigenvalue weighted by Crippen LogP contribution is 2.18. The number of nitrogens with zero attached hydrogens (tertiary/aromatic N) is 2. The Kier molecular flexibility index (Phi) is 4.77. The molecule has 21 heavy (non-hydrogen) atoms. The number of esters is 1. The van der Waals surface area contributed by atoms with E-state index in [1.807, 2.05) is 30.1 Å². The van der Waals surface area contributed by atoms with Crippen molar-refractivity contribution >= 4 is 17.5 Å². The summed E-state index contributed by atoms with van der Waals surface area (Å²) in [5.41, 5.74) is 7.67. The molecule has 0 aliphatic heterocycles. The Labute approximate surface area is 124 Å². The molecule has 0 unspecified atom stereocenters. The van der Waals surface area contributed by atoms with E-state index in [0.29, 0.717) is 17.1 Å². The van der Waals surface area contributed by atoms with Gasteiger partial charge < -0.3 is 15.4 Å². The molecule has 0 saturated carbocycles. The summed E-state index contributed by atoms with van der Waals surface area (Å²) in [6.45, 7) is 0.793. The number of methoxy groups -OCH3 is 1. The maximum absolute atomic E-state index is 11.6. The molecule has 110 valence electrons. The van der Waals surface area contributed by atoms with E-state index < -0.39 is 5.97 Å². The van der Waals surface area contributed by atoms with E-state index in [1.54, 1.807) is 6.07 Å². The Morgan fingerprint density at radius 3 is 2.71 bits per heavy atom. The highest BCUT2D eigenvalue weighted by molar-refractivity contribution is 5.95. The Morgan fingerprint density at radius 2 is 2.05 bits per heavy atom. The Balaban J connectivity index is 2.09. The predicted molar refractivity (Wildman–Crippen MR) is 83.4 cm³/mol. The van der Waals surface area contributed by atoms with Crippen LogP contribution in [-0.4, -0.2) is 31.7 Å². The molecule has 0 atom stereocenters. The fraction of sp³-hybridized carbons (Fsp3) is 0.250. The number of nitrogens with two attached hydrogens (primary N) is 1. The van der Waals surface area contributed by atoms with E-state index >= 15 is 0 Å². The first-order valence-corrected chi connectivity index (χ1v) is 6.70. The molecular formula is C16H19N3O2. The van der Waals surface area contributed by atoms with Crippen molar-refractivity contribution in [1.29, 1.82) is 0 Å². The van der Waals surface area contributed by atoms with E-state index in [4.69, 9.17) is 10.5 Å². The van der Waals surface area contributed by atoms with Gasteiger partial charge in [0.15, 0.2) is 0 Å². The van der Waals surface area contributed by atoms with Gasteiger partial charge in [0.1, 0.15) is 5.82 Å². The van der Waals surface area contributed by atoms with Crippen LogP contribution in [0.15, 0.2) is 42.6 Å². The third-order valence-electron chi connectivity index (χ3n) is 3.30. The quantitative estimate of drug-likeness (QED) is 0.852. The van der Waals surface area contributed by atoms with Crippen molar-refractivity contribution in [3.63, 3.8) is 0 Å². The second-order valence-corrected chi connectivity index (χ2v) is 4.78. The van der Waals surface area contributed by atoms with Gasteiger partial charge in [0, 0.05) is 13.6 Å². The zero-order valence-corrected chi connectivity index (χ0v) is 12.2. The van der Waals surface area contributed by atoms with Crippen LogP contribution < -0.4 is 10.6 Å². The molecule has 0 saturated heterocycles. The molecule has 0 aliphatic carbocycles. The molecule has 1 heterocycles. The molecule has 2 aromatic rings. The minimum Gasteiger partial charge on any atom is -0.465 e. The summed E-state index contributed by atoms with van der Waals surface area (Å²) < 4.78 is 4.72. The highest BCUT2D eigenvalue weighted by atomic mass is 16.5. The average molecular weight is 285 g/mol. The van der Waals surface area contributed by atoms with E-state index in [0.717, 1.165) is 13.0 Å². The highest BCUT2D eigenvalue weighted by Gasteiger charge is 2.13. The first-order valence-electron chi connectivity index (χ1n) is 6.70. The Hall–Kier alpha value is -2.56. The van der Waals surface area contributed by atoms with Gasteiger partial charge in [-0.2, -0.15) is 0 Å². The summed E-state index contributed by atoms with van der Waals surface area (Å²) in [6, 6.07) is 11.9. The minimum absolute atomic E-state index is 0.321. The topological polar surface area (TPSA) is 68.5 Å². The standard InChI is InChI=1S/C16H19N3O2/c1-19(9-8-12-6-4-3-5-7-12)15-10-13(16(20)21-2)14(17)11-18-15/h3-7,10-11H,8-9,17H2,1-2H3. The number of anilines is 2. The molecule has 1 aromatic carbocycles. The molecule has 2 rings (SSSR count). The van der Waals surface area contributed by atoms with Gasteiger partial charge >= 0.3 is 5.97 Å². The first kappa shape index (κ1) is 14.8. The molecule has 5 nitrogen and oxygen atoms in total. The number of carbonyl (C=O) groups excluding carboxylic acids is 1. The van der Waals surface area contributed by atoms with Gasteiger partial charge in [-0.3, -0.25) is 0 Å². The fourth-order valence-electron chi connectivity index (χ4n) is 2.01. The number of hydrogen-bond acceptors (Lipinski definition) is 5. The Bertz CT molecular complexity index is 614. The number of benzene rings is 1. The van der Waals surface area contributed by atoms with Crippen LogP contribution in [-0.2, 0) is 11.2 Å². The number of aromatic nitrogens is 1. The van der Waals surface area contributed by atoms with Crippen molar-refractivity contribution < 1.29 is 9.53 Å². The van der Waals surface area contributed by atoms with Crippen molar-refractivity contribution in [2.75, 3.05) is 31.3 Å². The predicted octanol–water partition coefficient (Wildman–Crippen LogP) is 2.13. The zero-order valence-electron chi connectivity index (χ0n) is 12.2. The summed E-state index contributed by atoms with van der Waals surface area (Å²) in [6.07, 6.45) is 2.39. The molecule has 1 aromatic heterocycles. The van der Waals surface area contributed by atoms with Gasteiger partial charge in [-0.25, -0.2) is 9.78 Å². The largest absolute Gasteiger partial charge is 0.465 e. The molecule has 0 bridgehead atoms. The van der Waals surface area contributed by atoms with Crippen molar-refractivity contribution in [3.05, 3.63) is 53.7 Å². The van der Waals surface area contributed by atoms with Crippen molar-refractivity contribution in [1.82, 2.24) is 4.98 Å². The molecule has 5 heteroatoms. The van der Waals surface area contributed by atoms with Crippen LogP contribution in [0.1, 0.15) is 15.9 Å². The summed E-state index contributed by atoms with van der Waals surface area (Å²) in [5, 5.41) is 0. The van der Waals surface area contributed by atoms with Crippen molar-refractivity contribution in [2.45, 2.75) is 6.42 Å². The van der Waals surface area contributed by atoms with Crippen LogP contribution in [0.3, 0.4) is 0 Å². The zero-order chi connectivity index (χ0) is 15.2. The van der Waals surface area contributed by atoms with E-state index in [-0.39, 0.29) is 0 Å². The van der Waals surface area contributed by atoms with Crippen LogP contribution >= 0.6 is 0 Å². The van der Waals surface area contributed by atoms with Crippen LogP contribution in [0.5, 0.6) is 0 Å². The Morgan fingerprint density at radius 1 is 1.33 bits per heavy atom. The number of pyridine rings is 1. The van der Waals surface area contributed by atoms with E-state index in [2.05, 4.69) is 17.1 Å². The second-order valence-electron chi connectivity index (χ2n) is 4.78. The average Bonchev–Trinajstić information content (AvgIpc) is 2.53. The lowest BCUT2D eigenvalue weighted by Gasteiger charge is -2.19. The van der Waals surface area contributed by atoms with Crippen molar-refractivity contribution in [2.24, 2.45) is 0 Å². The number of hydrogen-bond donors (Lipinski definition) is 1. The summed E-state index contributed by atoms with van der Waals surface area (Å²) in [4.78, 5) is 17.9. The lowest BCUT2D eigenvalue weighted by molar-refractivity contribution is 0.0602. The second kappa shape index (κ2) is 6.74. The van der Waals surface area contributed by atoms with Gasteiger partial charge in [0.2, 0.25) is 0 Å². The fourth-order valence-corrected chi connectivity index (χ4v) is 2.01. The van der Waals surface area contributed by atoms with E-state index in [9.17, 15) is 4.79 Å². The van der Waals surface area contributed by atoms with Crippen molar-refractivity contribution in [3.8, 4) is 0 Å². The number of nitrogen functional groups attached to an aromatic ring is 1. The number of ether oxygens (including phenoxy) is 1. The minimum atomic E-state index is -0.451. The van der Waals surface area contributed by atoms with Gasteiger partial charge in [-0.1, -0.05) is 30.3 Å². The molecule has 0 fully saturated rings. The molecule has 0 spiro atoms. The maximum Gasteiger partial charge on any atom is 0.340 e.